The number of hydroxylamine groups is 3. The Hall–Kier alpha value is -0.420. The average Bonchev–Trinajstić information content (AvgIpc) is 1.81. The molecule has 0 aromatic rings. The van der Waals surface area contributed by atoms with E-state index in [4.69, 9.17) is 10.2 Å². The van der Waals surface area contributed by atoms with E-state index in [1.54, 1.807) is 13.8 Å². The molecule has 0 aliphatic rings. The zero-order chi connectivity index (χ0) is 10.5. The largest absolute Gasteiger partial charge is 0.632 e. The molecule has 0 amide bonds. The van der Waals surface area contributed by atoms with E-state index in [0.717, 1.165) is 0 Å². The van der Waals surface area contributed by atoms with E-state index in [-0.39, 0.29) is 19.6 Å². The van der Waals surface area contributed by atoms with Crippen LogP contribution in [0.15, 0.2) is 12.7 Å². The topological polar surface area (TPSA) is 63.5 Å². The van der Waals surface area contributed by atoms with Crippen molar-refractivity contribution in [1.82, 2.24) is 0 Å². The lowest BCUT2D eigenvalue weighted by atomic mass is 10.3. The summed E-state index contributed by atoms with van der Waals surface area (Å²) in [5.74, 6) is 0. The third kappa shape index (κ3) is 5.76. The first-order valence-corrected chi connectivity index (χ1v) is 4.44. The molecule has 0 fully saturated rings. The SMILES string of the molecule is C=CC[N+]([O-])(CC(C)O)CC(C)O. The van der Waals surface area contributed by atoms with E-state index >= 15 is 0 Å². The van der Waals surface area contributed by atoms with Crippen LogP contribution in [-0.2, 0) is 0 Å². The Morgan fingerprint density at radius 2 is 1.69 bits per heavy atom. The molecule has 2 unspecified atom stereocenters. The Labute approximate surface area is 79.3 Å². The van der Waals surface area contributed by atoms with Gasteiger partial charge < -0.3 is 20.1 Å². The van der Waals surface area contributed by atoms with Crippen molar-refractivity contribution in [3.05, 3.63) is 17.9 Å². The first kappa shape index (κ1) is 12.6. The molecular weight excluding hydrogens is 170 g/mol. The fraction of sp³-hybridized carbons (Fsp3) is 0.778. The second-order valence-electron chi connectivity index (χ2n) is 3.59. The molecule has 0 bridgehead atoms. The molecule has 78 valence electrons. The fourth-order valence-electron chi connectivity index (χ4n) is 1.42. The number of aliphatic hydroxyl groups is 2. The van der Waals surface area contributed by atoms with Crippen LogP contribution in [0.4, 0.5) is 0 Å². The lowest BCUT2D eigenvalue weighted by Gasteiger charge is -2.43. The van der Waals surface area contributed by atoms with Crippen LogP contribution >= 0.6 is 0 Å². The highest BCUT2D eigenvalue weighted by Gasteiger charge is 2.19. The normalized spacial score (nSPS) is 20.4. The molecule has 0 heterocycles. The first-order chi connectivity index (χ1) is 5.89. The molecule has 4 heteroatoms. The van der Waals surface area contributed by atoms with Gasteiger partial charge in [0, 0.05) is 0 Å². The van der Waals surface area contributed by atoms with Gasteiger partial charge in [-0.25, -0.2) is 0 Å². The van der Waals surface area contributed by atoms with Crippen LogP contribution in [0.2, 0.25) is 0 Å². The maximum atomic E-state index is 11.9. The van der Waals surface area contributed by atoms with Gasteiger partial charge in [-0.1, -0.05) is 6.58 Å². The molecule has 0 aliphatic carbocycles. The smallest absolute Gasteiger partial charge is 0.105 e. The molecule has 0 spiro atoms. The first-order valence-electron chi connectivity index (χ1n) is 4.44. The summed E-state index contributed by atoms with van der Waals surface area (Å²) in [6.45, 7) is 7.02. The van der Waals surface area contributed by atoms with E-state index in [2.05, 4.69) is 6.58 Å². The lowest BCUT2D eigenvalue weighted by Crippen LogP contribution is -2.50. The van der Waals surface area contributed by atoms with Gasteiger partial charge in [0.1, 0.15) is 25.3 Å². The quantitative estimate of drug-likeness (QED) is 0.357. The van der Waals surface area contributed by atoms with E-state index < -0.39 is 16.9 Å². The van der Waals surface area contributed by atoms with E-state index in [1.807, 2.05) is 0 Å². The van der Waals surface area contributed by atoms with Crippen LogP contribution in [-0.4, -0.2) is 46.7 Å². The monoisotopic (exact) mass is 189 g/mol. The Kier molecular flexibility index (Phi) is 5.17. The van der Waals surface area contributed by atoms with Crippen molar-refractivity contribution in [2.75, 3.05) is 19.6 Å². The zero-order valence-electron chi connectivity index (χ0n) is 8.31. The Morgan fingerprint density at radius 3 is 1.92 bits per heavy atom. The summed E-state index contributed by atoms with van der Waals surface area (Å²) >= 11 is 0. The van der Waals surface area contributed by atoms with Crippen LogP contribution in [0.3, 0.4) is 0 Å². The van der Waals surface area contributed by atoms with Crippen LogP contribution < -0.4 is 0 Å². The molecule has 2 N–H and O–H groups in total. The van der Waals surface area contributed by atoms with Gasteiger partial charge in [-0.05, 0) is 19.9 Å². The van der Waals surface area contributed by atoms with Crippen molar-refractivity contribution in [3.63, 3.8) is 0 Å². The Balaban J connectivity index is 4.23. The van der Waals surface area contributed by atoms with Crippen molar-refractivity contribution in [3.8, 4) is 0 Å². The van der Waals surface area contributed by atoms with Gasteiger partial charge in [-0.15, -0.1) is 0 Å². The number of aliphatic hydroxyl groups excluding tert-OH is 2. The maximum Gasteiger partial charge on any atom is 0.105 e. The van der Waals surface area contributed by atoms with Crippen molar-refractivity contribution < 1.29 is 14.9 Å². The lowest BCUT2D eigenvalue weighted by molar-refractivity contribution is -0.880. The molecule has 0 aliphatic heterocycles. The van der Waals surface area contributed by atoms with Crippen LogP contribution in [0, 0.1) is 5.21 Å². The molecular formula is C9H19NO3. The predicted octanol–water partition coefficient (Wildman–Crippen LogP) is 0.249. The number of hydrogen-bond donors (Lipinski definition) is 2. The minimum absolute atomic E-state index is 0.0942. The standard InChI is InChI=1S/C9H19NO3/c1-4-5-10(13,6-8(2)11)7-9(3)12/h4,8-9,11-12H,1,5-7H2,2-3H3. The minimum Gasteiger partial charge on any atom is -0.632 e. The Bertz CT molecular complexity index is 147. The van der Waals surface area contributed by atoms with Gasteiger partial charge in [0.25, 0.3) is 0 Å². The summed E-state index contributed by atoms with van der Waals surface area (Å²) in [5, 5.41) is 30.1. The van der Waals surface area contributed by atoms with Gasteiger partial charge in [0.15, 0.2) is 0 Å². The van der Waals surface area contributed by atoms with Crippen LogP contribution in [0.1, 0.15) is 13.8 Å². The van der Waals surface area contributed by atoms with Gasteiger partial charge in [0.05, 0.1) is 6.54 Å². The number of quaternary nitrogens is 1. The Morgan fingerprint density at radius 1 is 1.31 bits per heavy atom. The highest BCUT2D eigenvalue weighted by atomic mass is 16.5. The number of hydrogen-bond acceptors (Lipinski definition) is 3. The van der Waals surface area contributed by atoms with E-state index in [0.29, 0.717) is 0 Å². The van der Waals surface area contributed by atoms with Crippen molar-refractivity contribution >= 4 is 0 Å². The molecule has 0 aromatic carbocycles. The summed E-state index contributed by atoms with van der Waals surface area (Å²) in [7, 11) is 0. The van der Waals surface area contributed by atoms with Gasteiger partial charge >= 0.3 is 0 Å². The van der Waals surface area contributed by atoms with Gasteiger partial charge in [-0.2, -0.15) is 0 Å². The summed E-state index contributed by atoms with van der Waals surface area (Å²) in [6, 6.07) is 0. The highest BCUT2D eigenvalue weighted by Crippen LogP contribution is 2.08. The van der Waals surface area contributed by atoms with Crippen molar-refractivity contribution in [1.29, 1.82) is 0 Å². The molecule has 0 saturated carbocycles. The summed E-state index contributed by atoms with van der Waals surface area (Å²) < 4.78 is -0.612. The van der Waals surface area contributed by atoms with E-state index in [9.17, 15) is 5.21 Å². The third-order valence-electron chi connectivity index (χ3n) is 1.66. The predicted molar refractivity (Wildman–Crippen MR) is 51.8 cm³/mol. The summed E-state index contributed by atoms with van der Waals surface area (Å²) in [6.07, 6.45) is 0.199. The summed E-state index contributed by atoms with van der Waals surface area (Å²) in [4.78, 5) is 0. The zero-order valence-corrected chi connectivity index (χ0v) is 8.31. The second-order valence-corrected chi connectivity index (χ2v) is 3.59. The van der Waals surface area contributed by atoms with E-state index in [1.165, 1.54) is 6.08 Å². The van der Waals surface area contributed by atoms with Crippen molar-refractivity contribution in [2.24, 2.45) is 0 Å². The van der Waals surface area contributed by atoms with Gasteiger partial charge in [-0.3, -0.25) is 0 Å². The molecule has 0 aromatic heterocycles. The summed E-state index contributed by atoms with van der Waals surface area (Å²) in [5.41, 5.74) is 0. The molecule has 0 saturated heterocycles. The molecule has 0 rings (SSSR count). The minimum atomic E-state index is -0.656. The molecule has 13 heavy (non-hydrogen) atoms. The molecule has 0 radical (unpaired) electrons. The third-order valence-corrected chi connectivity index (χ3v) is 1.66. The van der Waals surface area contributed by atoms with Crippen molar-refractivity contribution in [2.45, 2.75) is 26.1 Å². The highest BCUT2D eigenvalue weighted by molar-refractivity contribution is 4.68. The van der Waals surface area contributed by atoms with Gasteiger partial charge in [0.2, 0.25) is 0 Å². The van der Waals surface area contributed by atoms with Crippen LogP contribution in [0.25, 0.3) is 0 Å². The average molecular weight is 189 g/mol. The molecule has 4 nitrogen and oxygen atoms in total. The second kappa shape index (κ2) is 5.34. The number of nitrogens with zero attached hydrogens (tertiary/aromatic N) is 1. The molecule has 2 atom stereocenters. The fourth-order valence-corrected chi connectivity index (χ4v) is 1.42. The number of rotatable bonds is 6. The maximum absolute atomic E-state index is 11.9. The van der Waals surface area contributed by atoms with Crippen LogP contribution in [0.5, 0.6) is 0 Å².